The number of nitrogens with zero attached hydrogens (tertiary/aromatic N) is 6. The van der Waals surface area contributed by atoms with Crippen LogP contribution in [-0.2, 0) is 6.67 Å². The molecule has 2 aromatic carbocycles. The Balaban J connectivity index is 1.17. The molecule has 1 aliphatic heterocycles. The van der Waals surface area contributed by atoms with Gasteiger partial charge < -0.3 is 14.6 Å². The second kappa shape index (κ2) is 11.0. The quantitative estimate of drug-likeness (QED) is 0.211. The van der Waals surface area contributed by atoms with E-state index in [2.05, 4.69) is 30.9 Å². The van der Waals surface area contributed by atoms with Crippen LogP contribution < -0.4 is 10.3 Å². The highest BCUT2D eigenvalue weighted by atomic mass is 79.9. The molecule has 2 fully saturated rings. The van der Waals surface area contributed by atoms with Crippen LogP contribution in [0.15, 0.2) is 56.9 Å². The molecule has 6 rings (SSSR count). The average Bonchev–Trinajstić information content (AvgIpc) is 3.71. The fraction of sp³-hybridized carbons (Fsp3) is 0.296. The highest BCUT2D eigenvalue weighted by Crippen LogP contribution is 2.38. The van der Waals surface area contributed by atoms with Gasteiger partial charge in [0.25, 0.3) is 0 Å². The number of carboxylic acids is 1. The molecule has 3 heterocycles. The van der Waals surface area contributed by atoms with Crippen molar-refractivity contribution in [1.29, 1.82) is 0 Å². The van der Waals surface area contributed by atoms with Crippen LogP contribution >= 0.6 is 39.5 Å². The molecule has 0 radical (unpaired) electrons. The molecule has 40 heavy (non-hydrogen) atoms. The molecule has 1 saturated carbocycles. The Morgan fingerprint density at radius 2 is 2.00 bits per heavy atom. The number of halogens is 2. The van der Waals surface area contributed by atoms with Gasteiger partial charge in [-0.1, -0.05) is 39.4 Å². The molecule has 1 aliphatic carbocycles. The topological polar surface area (TPSA) is 96.0 Å². The Morgan fingerprint density at radius 3 is 2.70 bits per heavy atom. The minimum Gasteiger partial charge on any atom is -0.477 e. The lowest BCUT2D eigenvalue weighted by atomic mass is 10.1. The minimum absolute atomic E-state index is 0.1000. The van der Waals surface area contributed by atoms with E-state index in [1.165, 1.54) is 23.6 Å². The van der Waals surface area contributed by atoms with Gasteiger partial charge in [-0.25, -0.2) is 18.9 Å². The van der Waals surface area contributed by atoms with Crippen LogP contribution in [0, 0.1) is 9.77 Å². The Morgan fingerprint density at radius 1 is 1.23 bits per heavy atom. The Hall–Kier alpha value is -3.26. The summed E-state index contributed by atoms with van der Waals surface area (Å²) in [4.78, 5) is 33.0. The molecule has 2 aliphatic rings. The first-order valence-corrected chi connectivity index (χ1v) is 14.7. The van der Waals surface area contributed by atoms with Gasteiger partial charge >= 0.3 is 5.97 Å². The van der Waals surface area contributed by atoms with Crippen LogP contribution in [0.2, 0.25) is 0 Å². The molecule has 4 aromatic rings. The van der Waals surface area contributed by atoms with Crippen LogP contribution in [0.5, 0.6) is 0 Å². The average molecular weight is 644 g/mol. The third-order valence-corrected chi connectivity index (χ3v) is 8.80. The van der Waals surface area contributed by atoms with E-state index in [4.69, 9.17) is 12.2 Å². The zero-order valence-corrected chi connectivity index (χ0v) is 24.4. The minimum atomic E-state index is -1.30. The number of fused-ring (bicyclic) bond motifs is 1. The van der Waals surface area contributed by atoms with E-state index in [1.54, 1.807) is 17.0 Å². The summed E-state index contributed by atoms with van der Waals surface area (Å²) in [5, 5.41) is 14.7. The zero-order valence-electron chi connectivity index (χ0n) is 21.2. The number of aromatic nitrogens is 3. The van der Waals surface area contributed by atoms with Gasteiger partial charge in [-0.05, 0) is 54.9 Å². The molecule has 206 valence electrons. The fourth-order valence-corrected chi connectivity index (χ4v) is 6.23. The van der Waals surface area contributed by atoms with Gasteiger partial charge in [-0.3, -0.25) is 9.69 Å². The summed E-state index contributed by atoms with van der Waals surface area (Å²) in [7, 11) is 0. The number of hydrogen-bond acceptors (Lipinski definition) is 8. The summed E-state index contributed by atoms with van der Waals surface area (Å²) in [6.45, 7) is 3.00. The molecule has 0 amide bonds. The van der Waals surface area contributed by atoms with Gasteiger partial charge in [-0.15, -0.1) is 5.10 Å². The summed E-state index contributed by atoms with van der Waals surface area (Å²) >= 11 is 10.3. The lowest BCUT2D eigenvalue weighted by Crippen LogP contribution is -2.47. The van der Waals surface area contributed by atoms with Gasteiger partial charge in [0, 0.05) is 54.5 Å². The molecule has 1 N–H and O–H groups in total. The van der Waals surface area contributed by atoms with E-state index in [0.29, 0.717) is 53.1 Å². The summed E-state index contributed by atoms with van der Waals surface area (Å²) in [6.07, 6.45) is 4.96. The molecular weight excluding hydrogens is 619 g/mol. The van der Waals surface area contributed by atoms with Crippen molar-refractivity contribution >= 4 is 73.4 Å². The highest BCUT2D eigenvalue weighted by Gasteiger charge is 2.28. The van der Waals surface area contributed by atoms with Crippen LogP contribution in [0.4, 0.5) is 15.2 Å². The standard InChI is InChI=1S/C27H24BrFN6O3S2/c28-17-3-1-2-16(10-17)13-30-26-31-35(27(39)40-26)15-32-6-8-33(9-7-32)23-12-22-19(11-21(23)29)24(36)20(25(37)38)14-34(22)18-4-5-18/h1-3,10-14,18H,4-9,15H2,(H,37,38)/b30-13+. The van der Waals surface area contributed by atoms with Crippen LogP contribution in [0.25, 0.3) is 10.9 Å². The summed E-state index contributed by atoms with van der Waals surface area (Å²) in [6, 6.07) is 10.8. The summed E-state index contributed by atoms with van der Waals surface area (Å²) in [5.41, 5.74) is 0.952. The van der Waals surface area contributed by atoms with Crippen molar-refractivity contribution < 1.29 is 14.3 Å². The number of hydrogen-bond donors (Lipinski definition) is 1. The van der Waals surface area contributed by atoms with Crippen LogP contribution in [-0.4, -0.2) is 62.7 Å². The van der Waals surface area contributed by atoms with E-state index >= 15 is 4.39 Å². The maximum absolute atomic E-state index is 15.3. The largest absolute Gasteiger partial charge is 0.477 e. The zero-order chi connectivity index (χ0) is 28.0. The number of piperazine rings is 1. The number of carboxylic acid groups (broad SMARTS) is 1. The number of benzene rings is 2. The first-order valence-electron chi connectivity index (χ1n) is 12.7. The summed E-state index contributed by atoms with van der Waals surface area (Å²) in [5.74, 6) is -1.83. The van der Waals surface area contributed by atoms with Gasteiger partial charge in [0.15, 0.2) is 3.95 Å². The molecule has 13 heteroatoms. The van der Waals surface area contributed by atoms with Gasteiger partial charge in [0.05, 0.1) is 17.9 Å². The molecule has 0 bridgehead atoms. The molecular formula is C27H24BrFN6O3S2. The maximum Gasteiger partial charge on any atom is 0.341 e. The Labute approximate surface area is 245 Å². The normalized spacial score (nSPS) is 16.3. The molecule has 0 spiro atoms. The molecule has 0 unspecified atom stereocenters. The van der Waals surface area contributed by atoms with Crippen molar-refractivity contribution in [3.63, 3.8) is 0 Å². The van der Waals surface area contributed by atoms with Crippen LogP contribution in [0.3, 0.4) is 0 Å². The van der Waals surface area contributed by atoms with E-state index in [-0.39, 0.29) is 17.0 Å². The second-order valence-corrected chi connectivity index (χ2v) is 12.4. The summed E-state index contributed by atoms with van der Waals surface area (Å²) < 4.78 is 20.5. The van der Waals surface area contributed by atoms with E-state index in [9.17, 15) is 14.7 Å². The smallest absolute Gasteiger partial charge is 0.341 e. The van der Waals surface area contributed by atoms with E-state index in [1.807, 2.05) is 33.7 Å². The monoisotopic (exact) mass is 642 g/mol. The highest BCUT2D eigenvalue weighted by molar-refractivity contribution is 9.10. The number of rotatable bonds is 7. The van der Waals surface area contributed by atoms with Crippen molar-refractivity contribution in [3.05, 3.63) is 78.2 Å². The third-order valence-electron chi connectivity index (χ3n) is 7.09. The van der Waals surface area contributed by atoms with E-state index < -0.39 is 17.2 Å². The molecule has 2 aromatic heterocycles. The molecule has 9 nitrogen and oxygen atoms in total. The lowest BCUT2D eigenvalue weighted by molar-refractivity contribution is 0.0695. The molecule has 0 atom stereocenters. The Bertz CT molecular complexity index is 1770. The first kappa shape index (κ1) is 26.9. The first-order chi connectivity index (χ1) is 19.3. The van der Waals surface area contributed by atoms with Crippen molar-refractivity contribution in [3.8, 4) is 0 Å². The van der Waals surface area contributed by atoms with Crippen molar-refractivity contribution in [2.75, 3.05) is 31.1 Å². The van der Waals surface area contributed by atoms with Gasteiger partial charge in [0.1, 0.15) is 11.4 Å². The number of aromatic carboxylic acids is 1. The predicted octanol–water partition coefficient (Wildman–Crippen LogP) is 5.45. The Kier molecular flexibility index (Phi) is 7.38. The van der Waals surface area contributed by atoms with Gasteiger partial charge in [-0.2, -0.15) is 0 Å². The number of pyridine rings is 1. The fourth-order valence-electron chi connectivity index (χ4n) is 4.88. The van der Waals surface area contributed by atoms with E-state index in [0.717, 1.165) is 22.9 Å². The van der Waals surface area contributed by atoms with Crippen LogP contribution in [0.1, 0.15) is 34.8 Å². The predicted molar refractivity (Wildman–Crippen MR) is 160 cm³/mol. The third kappa shape index (κ3) is 5.51. The number of anilines is 1. The van der Waals surface area contributed by atoms with Crippen molar-refractivity contribution in [2.45, 2.75) is 25.6 Å². The molecule has 1 saturated heterocycles. The van der Waals surface area contributed by atoms with Gasteiger partial charge in [0.2, 0.25) is 10.6 Å². The SMILES string of the molecule is O=C(O)c1cn(C2CC2)c2cc(N3CCN(Cn4nc(/N=C/c5cccc(Br)c5)sc4=S)CC3)c(F)cc2c1=O. The maximum atomic E-state index is 15.3. The number of aliphatic imine (C=N–C) groups is 1. The van der Waals surface area contributed by atoms with Crippen molar-refractivity contribution in [1.82, 2.24) is 19.2 Å². The number of carbonyl (C=O) groups is 1. The lowest BCUT2D eigenvalue weighted by Gasteiger charge is -2.36. The second-order valence-electron chi connectivity index (χ2n) is 9.85. The van der Waals surface area contributed by atoms with Crippen molar-refractivity contribution in [2.24, 2.45) is 4.99 Å².